The lowest BCUT2D eigenvalue weighted by Crippen LogP contribution is -2.31. The van der Waals surface area contributed by atoms with Crippen molar-refractivity contribution in [3.05, 3.63) is 35.3 Å². The maximum absolute atomic E-state index is 5.32. The molecule has 4 rings (SSSR count). The van der Waals surface area contributed by atoms with Crippen LogP contribution in [0, 0.1) is 0 Å². The Kier molecular flexibility index (Phi) is 4.83. The van der Waals surface area contributed by atoms with Gasteiger partial charge in [-0.15, -0.1) is 11.3 Å². The Balaban J connectivity index is 1.39. The number of thiazole rings is 1. The highest BCUT2D eigenvalue weighted by atomic mass is 32.1. The molecule has 2 heterocycles. The third-order valence-corrected chi connectivity index (χ3v) is 5.88. The summed E-state index contributed by atoms with van der Waals surface area (Å²) in [6.07, 6.45) is 4.11. The van der Waals surface area contributed by atoms with Crippen LogP contribution in [-0.2, 0) is 6.54 Å². The molecular weight excluding hydrogens is 318 g/mol. The summed E-state index contributed by atoms with van der Waals surface area (Å²) in [4.78, 5) is 10.1. The average molecular weight is 343 g/mol. The van der Waals surface area contributed by atoms with Crippen LogP contribution in [-0.4, -0.2) is 54.1 Å². The topological polar surface area (TPSA) is 28.6 Å². The number of ether oxygens (including phenoxy) is 1. The second-order valence-corrected chi connectivity index (χ2v) is 7.63. The molecule has 2 fully saturated rings. The van der Waals surface area contributed by atoms with E-state index >= 15 is 0 Å². The van der Waals surface area contributed by atoms with Crippen molar-refractivity contribution < 1.29 is 4.74 Å². The number of aromatic nitrogens is 1. The lowest BCUT2D eigenvalue weighted by Gasteiger charge is -2.20. The van der Waals surface area contributed by atoms with Crippen LogP contribution in [0.15, 0.2) is 29.6 Å². The van der Waals surface area contributed by atoms with Gasteiger partial charge in [-0.2, -0.15) is 0 Å². The highest BCUT2D eigenvalue weighted by Crippen LogP contribution is 2.29. The molecule has 4 nitrogen and oxygen atoms in total. The number of rotatable bonds is 5. The van der Waals surface area contributed by atoms with E-state index in [1.165, 1.54) is 51.1 Å². The first-order valence-corrected chi connectivity index (χ1v) is 9.75. The molecule has 0 bridgehead atoms. The Hall–Kier alpha value is -1.43. The first-order valence-electron chi connectivity index (χ1n) is 8.87. The van der Waals surface area contributed by atoms with Crippen LogP contribution in [0.3, 0.4) is 0 Å². The molecule has 1 saturated heterocycles. The molecule has 2 aromatic rings. The molecule has 0 N–H and O–H groups in total. The van der Waals surface area contributed by atoms with E-state index < -0.39 is 0 Å². The summed E-state index contributed by atoms with van der Waals surface area (Å²) < 4.78 is 5.32. The third kappa shape index (κ3) is 3.79. The predicted octanol–water partition coefficient (Wildman–Crippen LogP) is 3.49. The average Bonchev–Trinajstić information content (AvgIpc) is 3.39. The van der Waals surface area contributed by atoms with Crippen LogP contribution in [0.4, 0.5) is 0 Å². The van der Waals surface area contributed by atoms with Gasteiger partial charge in [0, 0.05) is 36.6 Å². The number of hydrogen-bond donors (Lipinski definition) is 0. The van der Waals surface area contributed by atoms with E-state index in [1.807, 2.05) is 12.1 Å². The van der Waals surface area contributed by atoms with E-state index in [0.717, 1.165) is 28.9 Å². The van der Waals surface area contributed by atoms with Gasteiger partial charge in [0.25, 0.3) is 0 Å². The van der Waals surface area contributed by atoms with Crippen molar-refractivity contribution in [1.82, 2.24) is 14.8 Å². The van der Waals surface area contributed by atoms with Crippen LogP contribution >= 0.6 is 11.3 Å². The van der Waals surface area contributed by atoms with E-state index in [-0.39, 0.29) is 0 Å². The zero-order valence-corrected chi connectivity index (χ0v) is 15.1. The summed E-state index contributed by atoms with van der Waals surface area (Å²) in [6, 6.07) is 9.05. The third-order valence-electron chi connectivity index (χ3n) is 4.94. The summed E-state index contributed by atoms with van der Waals surface area (Å²) >= 11 is 1.73. The van der Waals surface area contributed by atoms with Crippen molar-refractivity contribution in [2.75, 3.05) is 33.3 Å². The Morgan fingerprint density at radius 3 is 2.96 bits per heavy atom. The maximum atomic E-state index is 5.32. The predicted molar refractivity (Wildman–Crippen MR) is 98.6 cm³/mol. The minimum absolute atomic E-state index is 0.886. The zero-order valence-electron chi connectivity index (χ0n) is 14.3. The Bertz CT molecular complexity index is 683. The van der Waals surface area contributed by atoms with Gasteiger partial charge in [-0.3, -0.25) is 9.80 Å². The minimum Gasteiger partial charge on any atom is -0.497 e. The fourth-order valence-electron chi connectivity index (χ4n) is 3.45. The van der Waals surface area contributed by atoms with Crippen molar-refractivity contribution in [3.8, 4) is 16.3 Å². The molecule has 0 spiro atoms. The van der Waals surface area contributed by atoms with Crippen molar-refractivity contribution in [1.29, 1.82) is 0 Å². The molecule has 1 aromatic carbocycles. The van der Waals surface area contributed by atoms with Crippen molar-refractivity contribution in [3.63, 3.8) is 0 Å². The quantitative estimate of drug-likeness (QED) is 0.831. The van der Waals surface area contributed by atoms with Gasteiger partial charge in [0.1, 0.15) is 10.8 Å². The largest absolute Gasteiger partial charge is 0.497 e. The fraction of sp³-hybridized carbons (Fsp3) is 0.526. The van der Waals surface area contributed by atoms with Crippen LogP contribution in [0.2, 0.25) is 0 Å². The van der Waals surface area contributed by atoms with Gasteiger partial charge in [0.05, 0.1) is 12.8 Å². The van der Waals surface area contributed by atoms with Gasteiger partial charge in [0.2, 0.25) is 0 Å². The highest BCUT2D eigenvalue weighted by Gasteiger charge is 2.30. The SMILES string of the molecule is COc1cccc(-c2nc(CN3CCCN(C4CC4)CC3)cs2)c1. The van der Waals surface area contributed by atoms with Gasteiger partial charge >= 0.3 is 0 Å². The van der Waals surface area contributed by atoms with E-state index in [4.69, 9.17) is 9.72 Å². The molecule has 0 unspecified atom stereocenters. The highest BCUT2D eigenvalue weighted by molar-refractivity contribution is 7.13. The lowest BCUT2D eigenvalue weighted by atomic mass is 10.2. The van der Waals surface area contributed by atoms with Crippen LogP contribution in [0.25, 0.3) is 10.6 Å². The second-order valence-electron chi connectivity index (χ2n) is 6.77. The maximum Gasteiger partial charge on any atom is 0.123 e. The molecule has 5 heteroatoms. The molecule has 1 saturated carbocycles. The number of methoxy groups -OCH3 is 1. The molecule has 128 valence electrons. The molecule has 2 aliphatic rings. The van der Waals surface area contributed by atoms with Crippen LogP contribution < -0.4 is 4.74 Å². The Labute approximate surface area is 148 Å². The van der Waals surface area contributed by atoms with Crippen molar-refractivity contribution in [2.45, 2.75) is 31.8 Å². The molecular formula is C19H25N3OS. The molecule has 0 amide bonds. The molecule has 1 aromatic heterocycles. The number of benzene rings is 1. The smallest absolute Gasteiger partial charge is 0.123 e. The fourth-order valence-corrected chi connectivity index (χ4v) is 4.26. The molecule has 1 aliphatic carbocycles. The second kappa shape index (κ2) is 7.21. The zero-order chi connectivity index (χ0) is 16.4. The summed E-state index contributed by atoms with van der Waals surface area (Å²) in [5.41, 5.74) is 2.33. The molecule has 24 heavy (non-hydrogen) atoms. The van der Waals surface area contributed by atoms with Gasteiger partial charge in [-0.25, -0.2) is 4.98 Å². The molecule has 0 radical (unpaired) electrons. The van der Waals surface area contributed by atoms with Crippen molar-refractivity contribution in [2.24, 2.45) is 0 Å². The van der Waals surface area contributed by atoms with E-state index in [1.54, 1.807) is 18.4 Å². The first-order chi connectivity index (χ1) is 11.8. The summed E-state index contributed by atoms with van der Waals surface area (Å²) in [5, 5.41) is 3.29. The monoisotopic (exact) mass is 343 g/mol. The summed E-state index contributed by atoms with van der Waals surface area (Å²) in [5.74, 6) is 0.886. The summed E-state index contributed by atoms with van der Waals surface area (Å²) in [7, 11) is 1.71. The normalized spacial score (nSPS) is 20.0. The first kappa shape index (κ1) is 16.1. The van der Waals surface area contributed by atoms with Crippen LogP contribution in [0.1, 0.15) is 25.0 Å². The van der Waals surface area contributed by atoms with Gasteiger partial charge in [0.15, 0.2) is 0 Å². The van der Waals surface area contributed by atoms with E-state index in [9.17, 15) is 0 Å². The molecule has 1 aliphatic heterocycles. The Morgan fingerprint density at radius 2 is 2.12 bits per heavy atom. The van der Waals surface area contributed by atoms with Gasteiger partial charge < -0.3 is 4.74 Å². The van der Waals surface area contributed by atoms with E-state index in [2.05, 4.69) is 27.3 Å². The van der Waals surface area contributed by atoms with E-state index in [0.29, 0.717) is 0 Å². The number of hydrogen-bond acceptors (Lipinski definition) is 5. The standard InChI is InChI=1S/C19H25N3OS/c1-23-18-5-2-4-15(12-18)19-20-16(14-24-19)13-21-8-3-9-22(11-10-21)17-6-7-17/h2,4-5,12,14,17H,3,6-11,13H2,1H3. The van der Waals surface area contributed by atoms with Crippen LogP contribution in [0.5, 0.6) is 5.75 Å². The van der Waals surface area contributed by atoms with Crippen molar-refractivity contribution >= 4 is 11.3 Å². The minimum atomic E-state index is 0.886. The lowest BCUT2D eigenvalue weighted by molar-refractivity contribution is 0.245. The Morgan fingerprint density at radius 1 is 1.21 bits per heavy atom. The molecule has 0 atom stereocenters. The van der Waals surface area contributed by atoms with Gasteiger partial charge in [-0.1, -0.05) is 12.1 Å². The number of nitrogens with zero attached hydrogens (tertiary/aromatic N) is 3. The van der Waals surface area contributed by atoms with Gasteiger partial charge in [-0.05, 0) is 44.5 Å². The summed E-state index contributed by atoms with van der Waals surface area (Å²) in [6.45, 7) is 5.82.